The van der Waals surface area contributed by atoms with Gasteiger partial charge in [0, 0.05) is 17.0 Å². The van der Waals surface area contributed by atoms with Crippen molar-refractivity contribution in [3.8, 4) is 11.5 Å². The van der Waals surface area contributed by atoms with Gasteiger partial charge in [-0.1, -0.05) is 19.3 Å². The van der Waals surface area contributed by atoms with Gasteiger partial charge in [-0.15, -0.1) is 5.10 Å². The Morgan fingerprint density at radius 3 is 2.58 bits per heavy atom. The standard InChI is InChI=1S/C22H26N6O3/c29-22-16(10-14-11-18-19(31-13-30-18)12-17(14)23-22)20(27-8-4-1-5-9-27)21-24-25-26-28(21)15-6-2-3-7-15/h10-12,15,20H,1-9,13H2,(H,23,29)/t20-/m0/s1. The number of rotatable bonds is 4. The van der Waals surface area contributed by atoms with Gasteiger partial charge in [0.05, 0.1) is 11.6 Å². The van der Waals surface area contributed by atoms with Crippen molar-refractivity contribution in [1.82, 2.24) is 30.1 Å². The summed E-state index contributed by atoms with van der Waals surface area (Å²) in [4.78, 5) is 18.7. The maximum absolute atomic E-state index is 13.3. The summed E-state index contributed by atoms with van der Waals surface area (Å²) < 4.78 is 13.0. The molecule has 1 aliphatic carbocycles. The summed E-state index contributed by atoms with van der Waals surface area (Å²) in [6.45, 7) is 2.07. The molecule has 31 heavy (non-hydrogen) atoms. The summed E-state index contributed by atoms with van der Waals surface area (Å²) in [7, 11) is 0. The van der Waals surface area contributed by atoms with Crippen molar-refractivity contribution in [2.24, 2.45) is 0 Å². The number of nitrogens with one attached hydrogen (secondary N) is 1. The number of ether oxygens (including phenoxy) is 2. The summed E-state index contributed by atoms with van der Waals surface area (Å²) in [6, 6.07) is 5.79. The van der Waals surface area contributed by atoms with E-state index in [9.17, 15) is 4.79 Å². The number of aromatic amines is 1. The zero-order chi connectivity index (χ0) is 20.8. The zero-order valence-electron chi connectivity index (χ0n) is 17.4. The molecular weight excluding hydrogens is 396 g/mol. The second-order valence-electron chi connectivity index (χ2n) is 8.77. The van der Waals surface area contributed by atoms with Crippen LogP contribution in [0.5, 0.6) is 11.5 Å². The summed E-state index contributed by atoms with van der Waals surface area (Å²) in [5, 5.41) is 13.8. The normalized spacial score (nSPS) is 20.5. The maximum Gasteiger partial charge on any atom is 0.253 e. The number of H-pyrrole nitrogens is 1. The molecule has 1 N–H and O–H groups in total. The van der Waals surface area contributed by atoms with E-state index in [2.05, 4.69) is 25.4 Å². The van der Waals surface area contributed by atoms with Crippen molar-refractivity contribution in [1.29, 1.82) is 0 Å². The lowest BCUT2D eigenvalue weighted by atomic mass is 10.00. The van der Waals surface area contributed by atoms with Gasteiger partial charge in [0.2, 0.25) is 6.79 Å². The number of nitrogens with zero attached hydrogens (tertiary/aromatic N) is 5. The molecule has 0 spiro atoms. The lowest BCUT2D eigenvalue weighted by Gasteiger charge is -2.34. The Bertz CT molecular complexity index is 1160. The Hall–Kier alpha value is -2.94. The summed E-state index contributed by atoms with van der Waals surface area (Å²) in [5.74, 6) is 2.14. The monoisotopic (exact) mass is 422 g/mol. The first kappa shape index (κ1) is 18.8. The highest BCUT2D eigenvalue weighted by Gasteiger charge is 2.33. The fraction of sp³-hybridized carbons (Fsp3) is 0.545. The molecule has 1 aromatic carbocycles. The maximum atomic E-state index is 13.3. The third-order valence-electron chi connectivity index (χ3n) is 6.85. The first-order chi connectivity index (χ1) is 15.3. The number of hydrogen-bond donors (Lipinski definition) is 1. The van der Waals surface area contributed by atoms with Crippen molar-refractivity contribution in [3.05, 3.63) is 39.9 Å². The minimum atomic E-state index is -0.269. The Morgan fingerprint density at radius 1 is 1.00 bits per heavy atom. The molecule has 1 saturated heterocycles. The van der Waals surface area contributed by atoms with Crippen LogP contribution in [0.1, 0.15) is 68.4 Å². The average Bonchev–Trinajstić information content (AvgIpc) is 3.55. The van der Waals surface area contributed by atoms with Crippen LogP contribution in [0.25, 0.3) is 10.9 Å². The quantitative estimate of drug-likeness (QED) is 0.690. The van der Waals surface area contributed by atoms with Crippen LogP contribution in [0.2, 0.25) is 0 Å². The minimum Gasteiger partial charge on any atom is -0.454 e. The van der Waals surface area contributed by atoms with Gasteiger partial charge >= 0.3 is 0 Å². The van der Waals surface area contributed by atoms with E-state index in [0.717, 1.165) is 55.5 Å². The molecule has 0 radical (unpaired) electrons. The van der Waals surface area contributed by atoms with E-state index >= 15 is 0 Å². The van der Waals surface area contributed by atoms with Gasteiger partial charge in [0.25, 0.3) is 5.56 Å². The second kappa shape index (κ2) is 7.64. The van der Waals surface area contributed by atoms with Crippen LogP contribution >= 0.6 is 0 Å². The summed E-state index contributed by atoms with van der Waals surface area (Å²) in [5.41, 5.74) is 1.32. The van der Waals surface area contributed by atoms with Crippen LogP contribution in [0.4, 0.5) is 0 Å². The number of benzene rings is 1. The first-order valence-electron chi connectivity index (χ1n) is 11.3. The van der Waals surface area contributed by atoms with Crippen LogP contribution in [0.15, 0.2) is 23.0 Å². The molecule has 162 valence electrons. The predicted molar refractivity (Wildman–Crippen MR) is 113 cm³/mol. The fourth-order valence-electron chi connectivity index (χ4n) is 5.28. The SMILES string of the molecule is O=c1[nH]c2cc3c(cc2cc1[C@@H](c1nnnn1C1CCCC1)N1CCCCC1)OCO3. The van der Waals surface area contributed by atoms with Crippen LogP contribution < -0.4 is 15.0 Å². The molecule has 9 nitrogen and oxygen atoms in total. The van der Waals surface area contributed by atoms with Crippen LogP contribution in [-0.4, -0.2) is 50.0 Å². The topological polar surface area (TPSA) is 98.2 Å². The van der Waals surface area contributed by atoms with Crippen LogP contribution in [0.3, 0.4) is 0 Å². The van der Waals surface area contributed by atoms with E-state index in [-0.39, 0.29) is 18.4 Å². The number of likely N-dealkylation sites (tertiary alicyclic amines) is 1. The number of piperidine rings is 1. The van der Waals surface area contributed by atoms with Gasteiger partial charge in [-0.25, -0.2) is 4.68 Å². The third-order valence-corrected chi connectivity index (χ3v) is 6.85. The highest BCUT2D eigenvalue weighted by molar-refractivity contribution is 5.83. The lowest BCUT2D eigenvalue weighted by Crippen LogP contribution is -2.38. The molecule has 3 aromatic rings. The van der Waals surface area contributed by atoms with Gasteiger partial charge in [0.15, 0.2) is 17.3 Å². The number of aromatic nitrogens is 5. The average molecular weight is 422 g/mol. The van der Waals surface area contributed by atoms with E-state index < -0.39 is 0 Å². The highest BCUT2D eigenvalue weighted by Crippen LogP contribution is 2.37. The Labute approximate surface area is 179 Å². The van der Waals surface area contributed by atoms with Gasteiger partial charge < -0.3 is 14.5 Å². The van der Waals surface area contributed by atoms with Gasteiger partial charge in [-0.3, -0.25) is 9.69 Å². The van der Waals surface area contributed by atoms with E-state index in [1.54, 1.807) is 0 Å². The van der Waals surface area contributed by atoms with Gasteiger partial charge in [-0.2, -0.15) is 0 Å². The minimum absolute atomic E-state index is 0.108. The van der Waals surface area contributed by atoms with Crippen molar-refractivity contribution in [2.45, 2.75) is 57.0 Å². The molecule has 2 aromatic heterocycles. The number of hydrogen-bond acceptors (Lipinski definition) is 7. The van der Waals surface area contributed by atoms with Gasteiger partial charge in [-0.05, 0) is 61.3 Å². The molecule has 3 aliphatic rings. The lowest BCUT2D eigenvalue weighted by molar-refractivity contribution is 0.174. The Kier molecular flexibility index (Phi) is 4.63. The van der Waals surface area contributed by atoms with E-state index in [1.165, 1.54) is 19.3 Å². The molecule has 4 heterocycles. The number of tetrazole rings is 1. The van der Waals surface area contributed by atoms with Crippen LogP contribution in [-0.2, 0) is 0 Å². The molecule has 0 bridgehead atoms. The first-order valence-corrected chi connectivity index (χ1v) is 11.3. The predicted octanol–water partition coefficient (Wildman–Crippen LogP) is 2.93. The van der Waals surface area contributed by atoms with Crippen molar-refractivity contribution in [2.75, 3.05) is 19.9 Å². The summed E-state index contributed by atoms with van der Waals surface area (Å²) in [6.07, 6.45) is 8.01. The molecule has 9 heteroatoms. The molecule has 1 saturated carbocycles. The fourth-order valence-corrected chi connectivity index (χ4v) is 5.28. The molecular formula is C22H26N6O3. The Morgan fingerprint density at radius 2 is 1.77 bits per heavy atom. The largest absolute Gasteiger partial charge is 0.454 e. The molecule has 2 aliphatic heterocycles. The molecule has 6 rings (SSSR count). The van der Waals surface area contributed by atoms with E-state index in [0.29, 0.717) is 23.1 Å². The molecule has 0 unspecified atom stereocenters. The number of pyridine rings is 1. The van der Waals surface area contributed by atoms with Crippen molar-refractivity contribution < 1.29 is 9.47 Å². The van der Waals surface area contributed by atoms with Crippen molar-refractivity contribution in [3.63, 3.8) is 0 Å². The van der Waals surface area contributed by atoms with E-state index in [4.69, 9.17) is 9.47 Å². The Balaban J connectivity index is 1.49. The van der Waals surface area contributed by atoms with Crippen LogP contribution in [0, 0.1) is 0 Å². The summed E-state index contributed by atoms with van der Waals surface area (Å²) >= 11 is 0. The van der Waals surface area contributed by atoms with Crippen molar-refractivity contribution >= 4 is 10.9 Å². The smallest absolute Gasteiger partial charge is 0.253 e. The highest BCUT2D eigenvalue weighted by atomic mass is 16.7. The van der Waals surface area contributed by atoms with E-state index in [1.807, 2.05) is 22.9 Å². The molecule has 1 atom stereocenters. The third kappa shape index (κ3) is 3.27. The molecule has 2 fully saturated rings. The molecule has 0 amide bonds. The second-order valence-corrected chi connectivity index (χ2v) is 8.77. The zero-order valence-corrected chi connectivity index (χ0v) is 17.4. The number of fused-ring (bicyclic) bond motifs is 2. The van der Waals surface area contributed by atoms with Gasteiger partial charge in [0.1, 0.15) is 6.04 Å².